The quantitative estimate of drug-likeness (QED) is 0.408. The van der Waals surface area contributed by atoms with Crippen LogP contribution in [-0.2, 0) is 18.9 Å². The molecule has 5 nitrogen and oxygen atoms in total. The van der Waals surface area contributed by atoms with Gasteiger partial charge in [-0.25, -0.2) is 0 Å². The monoisotopic (exact) mass is 220 g/mol. The highest BCUT2D eigenvalue weighted by Gasteiger charge is 2.26. The van der Waals surface area contributed by atoms with Crippen LogP contribution in [0.25, 0.3) is 0 Å². The summed E-state index contributed by atoms with van der Waals surface area (Å²) < 4.78 is 20.8. The molecule has 0 aromatic rings. The van der Waals surface area contributed by atoms with Gasteiger partial charge in [0.25, 0.3) is 0 Å². The van der Waals surface area contributed by atoms with Crippen molar-refractivity contribution in [1.29, 1.82) is 0 Å². The zero-order valence-corrected chi connectivity index (χ0v) is 9.18. The van der Waals surface area contributed by atoms with Gasteiger partial charge >= 0.3 is 0 Å². The second-order valence-corrected chi connectivity index (χ2v) is 3.46. The lowest BCUT2D eigenvalue weighted by atomic mass is 10.2. The highest BCUT2D eigenvalue weighted by atomic mass is 16.6. The molecule has 1 N–H and O–H groups in total. The number of aliphatic hydroxyl groups excluding tert-OH is 1. The zero-order valence-electron chi connectivity index (χ0n) is 9.18. The van der Waals surface area contributed by atoms with Gasteiger partial charge in [-0.15, -0.1) is 0 Å². The summed E-state index contributed by atoms with van der Waals surface area (Å²) in [4.78, 5) is 0. The maximum atomic E-state index is 8.46. The molecule has 0 aliphatic carbocycles. The molecule has 0 radical (unpaired) electrons. The number of methoxy groups -OCH3 is 1. The Kier molecular flexibility index (Phi) is 6.87. The Bertz CT molecular complexity index is 149. The number of aliphatic hydroxyl groups is 1. The molecule has 1 aliphatic heterocycles. The van der Waals surface area contributed by atoms with E-state index in [2.05, 4.69) is 0 Å². The van der Waals surface area contributed by atoms with E-state index in [1.807, 2.05) is 0 Å². The molecule has 1 saturated heterocycles. The highest BCUT2D eigenvalue weighted by molar-refractivity contribution is 4.74. The van der Waals surface area contributed by atoms with Crippen LogP contribution in [0.2, 0.25) is 0 Å². The summed E-state index contributed by atoms with van der Waals surface area (Å²) in [6.45, 7) is 2.88. The van der Waals surface area contributed by atoms with Crippen molar-refractivity contribution in [2.75, 3.05) is 46.8 Å². The summed E-state index contributed by atoms with van der Waals surface area (Å²) in [5, 5.41) is 8.46. The molecule has 0 spiro atoms. The molecule has 0 saturated carbocycles. The predicted octanol–water partition coefficient (Wildman–Crippen LogP) is -0.184. The van der Waals surface area contributed by atoms with Crippen LogP contribution in [0.1, 0.15) is 6.42 Å². The van der Waals surface area contributed by atoms with Gasteiger partial charge in [0.1, 0.15) is 0 Å². The van der Waals surface area contributed by atoms with Gasteiger partial charge in [0.2, 0.25) is 0 Å². The van der Waals surface area contributed by atoms with Crippen LogP contribution in [0.15, 0.2) is 0 Å². The molecule has 90 valence electrons. The van der Waals surface area contributed by atoms with Crippen molar-refractivity contribution >= 4 is 0 Å². The van der Waals surface area contributed by atoms with E-state index in [1.54, 1.807) is 7.11 Å². The van der Waals surface area contributed by atoms with Crippen LogP contribution in [0.5, 0.6) is 0 Å². The largest absolute Gasteiger partial charge is 0.394 e. The fraction of sp³-hybridized carbons (Fsp3) is 1.00. The molecule has 0 aromatic carbocycles. The van der Waals surface area contributed by atoms with Crippen LogP contribution in [0.3, 0.4) is 0 Å². The predicted molar refractivity (Wildman–Crippen MR) is 53.9 cm³/mol. The highest BCUT2D eigenvalue weighted by Crippen LogP contribution is 2.17. The Labute approximate surface area is 90.3 Å². The molecule has 2 unspecified atom stereocenters. The first-order valence-electron chi connectivity index (χ1n) is 5.27. The lowest BCUT2D eigenvalue weighted by molar-refractivity contribution is -0.0218. The third kappa shape index (κ3) is 6.81. The summed E-state index contributed by atoms with van der Waals surface area (Å²) >= 11 is 0. The van der Waals surface area contributed by atoms with E-state index in [9.17, 15) is 0 Å². The van der Waals surface area contributed by atoms with Gasteiger partial charge in [-0.05, 0) is 0 Å². The SMILES string of the molecule is COC(COCCOCCO)CC1CO1. The van der Waals surface area contributed by atoms with E-state index in [4.69, 9.17) is 24.1 Å². The van der Waals surface area contributed by atoms with Crippen molar-refractivity contribution < 1.29 is 24.1 Å². The van der Waals surface area contributed by atoms with Gasteiger partial charge < -0.3 is 24.1 Å². The van der Waals surface area contributed by atoms with Gasteiger partial charge in [0, 0.05) is 13.5 Å². The molecule has 1 rings (SSSR count). The van der Waals surface area contributed by atoms with E-state index in [-0.39, 0.29) is 12.7 Å². The number of ether oxygens (including phenoxy) is 4. The third-order valence-corrected chi connectivity index (χ3v) is 2.17. The lowest BCUT2D eigenvalue weighted by Crippen LogP contribution is -2.21. The van der Waals surface area contributed by atoms with Gasteiger partial charge in [-0.3, -0.25) is 0 Å². The molecule has 15 heavy (non-hydrogen) atoms. The average molecular weight is 220 g/mol. The molecular weight excluding hydrogens is 200 g/mol. The topological polar surface area (TPSA) is 60.5 Å². The zero-order chi connectivity index (χ0) is 10.9. The van der Waals surface area contributed by atoms with Crippen molar-refractivity contribution in [3.05, 3.63) is 0 Å². The Hall–Kier alpha value is -0.200. The maximum absolute atomic E-state index is 8.46. The fourth-order valence-corrected chi connectivity index (χ4v) is 1.23. The van der Waals surface area contributed by atoms with Crippen molar-refractivity contribution in [2.45, 2.75) is 18.6 Å². The fourth-order valence-electron chi connectivity index (χ4n) is 1.23. The van der Waals surface area contributed by atoms with Gasteiger partial charge in [0.05, 0.1) is 51.8 Å². The molecule has 0 aromatic heterocycles. The first-order chi connectivity index (χ1) is 7.36. The maximum Gasteiger partial charge on any atom is 0.0835 e. The van der Waals surface area contributed by atoms with Gasteiger partial charge in [-0.1, -0.05) is 0 Å². The number of rotatable bonds is 10. The molecular formula is C10H20O5. The Morgan fingerprint density at radius 1 is 1.33 bits per heavy atom. The molecule has 0 bridgehead atoms. The second kappa shape index (κ2) is 8.01. The summed E-state index contributed by atoms with van der Waals surface area (Å²) in [5.74, 6) is 0. The van der Waals surface area contributed by atoms with Crippen molar-refractivity contribution in [3.8, 4) is 0 Å². The average Bonchev–Trinajstić information content (AvgIpc) is 3.05. The van der Waals surface area contributed by atoms with Crippen molar-refractivity contribution in [3.63, 3.8) is 0 Å². The minimum absolute atomic E-state index is 0.0553. The first kappa shape index (κ1) is 12.9. The normalized spacial score (nSPS) is 21.6. The standard InChI is InChI=1S/C10H20O5/c1-12-9(6-10-8-15-10)7-14-5-4-13-3-2-11/h9-11H,2-8H2,1H3. The van der Waals surface area contributed by atoms with E-state index in [0.29, 0.717) is 32.5 Å². The first-order valence-corrected chi connectivity index (χ1v) is 5.27. The van der Waals surface area contributed by atoms with Crippen molar-refractivity contribution in [1.82, 2.24) is 0 Å². The van der Waals surface area contributed by atoms with E-state index < -0.39 is 0 Å². The van der Waals surface area contributed by atoms with Gasteiger partial charge in [0.15, 0.2) is 0 Å². The minimum atomic E-state index is 0.0553. The third-order valence-electron chi connectivity index (χ3n) is 2.17. The summed E-state index contributed by atoms with van der Waals surface area (Å²) in [6.07, 6.45) is 1.37. The molecule has 1 aliphatic rings. The van der Waals surface area contributed by atoms with Crippen LogP contribution in [0.4, 0.5) is 0 Å². The molecule has 2 atom stereocenters. The van der Waals surface area contributed by atoms with E-state index in [0.717, 1.165) is 13.0 Å². The molecule has 1 heterocycles. The molecule has 0 amide bonds. The second-order valence-electron chi connectivity index (χ2n) is 3.46. The summed E-state index contributed by atoms with van der Waals surface area (Å²) in [5.41, 5.74) is 0. The Balaban J connectivity index is 1.87. The van der Waals surface area contributed by atoms with Crippen LogP contribution in [0, 0.1) is 0 Å². The number of hydrogen-bond acceptors (Lipinski definition) is 5. The number of epoxide rings is 1. The number of hydrogen-bond donors (Lipinski definition) is 1. The summed E-state index contributed by atoms with van der Waals surface area (Å²) in [7, 11) is 1.68. The Morgan fingerprint density at radius 3 is 2.67 bits per heavy atom. The molecule has 5 heteroatoms. The van der Waals surface area contributed by atoms with Crippen molar-refractivity contribution in [2.24, 2.45) is 0 Å². The van der Waals surface area contributed by atoms with Crippen LogP contribution < -0.4 is 0 Å². The smallest absolute Gasteiger partial charge is 0.0835 e. The van der Waals surface area contributed by atoms with Crippen LogP contribution >= 0.6 is 0 Å². The van der Waals surface area contributed by atoms with E-state index in [1.165, 1.54) is 0 Å². The summed E-state index contributed by atoms with van der Waals surface area (Å²) in [6, 6.07) is 0. The minimum Gasteiger partial charge on any atom is -0.394 e. The molecule has 1 fully saturated rings. The van der Waals surface area contributed by atoms with Gasteiger partial charge in [-0.2, -0.15) is 0 Å². The Morgan fingerprint density at radius 2 is 2.07 bits per heavy atom. The lowest BCUT2D eigenvalue weighted by Gasteiger charge is -2.14. The van der Waals surface area contributed by atoms with E-state index >= 15 is 0 Å². The van der Waals surface area contributed by atoms with Crippen LogP contribution in [-0.4, -0.2) is 64.1 Å².